The maximum atomic E-state index is 13.0. The smallest absolute Gasteiger partial charge is 0.329 e. The van der Waals surface area contributed by atoms with Gasteiger partial charge in [0.2, 0.25) is 0 Å². The summed E-state index contributed by atoms with van der Waals surface area (Å²) in [6.07, 6.45) is 0.135. The predicted molar refractivity (Wildman–Crippen MR) is 112 cm³/mol. The van der Waals surface area contributed by atoms with Crippen LogP contribution in [0.3, 0.4) is 0 Å². The monoisotopic (exact) mass is 465 g/mol. The zero-order chi connectivity index (χ0) is 22.9. The second-order valence-corrected chi connectivity index (χ2v) is 8.29. The van der Waals surface area contributed by atoms with Crippen molar-refractivity contribution >= 4 is 46.8 Å². The first-order chi connectivity index (χ1) is 14.6. The first kappa shape index (κ1) is 22.9. The number of carbonyl (C=O) groups is 4. The van der Waals surface area contributed by atoms with Crippen LogP contribution >= 0.6 is 23.2 Å². The number of benzene rings is 2. The molecule has 0 N–H and O–H groups in total. The number of Topliss-reactive ketones (excluding diaryl/α,β-unsaturated/α-hetero) is 1. The van der Waals surface area contributed by atoms with Gasteiger partial charge in [-0.25, -0.2) is 9.18 Å². The van der Waals surface area contributed by atoms with Gasteiger partial charge in [-0.15, -0.1) is 0 Å². The van der Waals surface area contributed by atoms with Crippen molar-refractivity contribution in [2.24, 2.45) is 5.92 Å². The van der Waals surface area contributed by atoms with Crippen LogP contribution in [-0.2, 0) is 9.53 Å². The van der Waals surface area contributed by atoms with Crippen molar-refractivity contribution in [3.8, 4) is 0 Å². The highest BCUT2D eigenvalue weighted by molar-refractivity contribution is 6.43. The Bertz CT molecular complexity index is 1030. The molecule has 6 nitrogen and oxygen atoms in total. The van der Waals surface area contributed by atoms with Gasteiger partial charge in [-0.2, -0.15) is 0 Å². The van der Waals surface area contributed by atoms with Gasteiger partial charge in [0.1, 0.15) is 11.9 Å². The second kappa shape index (κ2) is 9.16. The Morgan fingerprint density at radius 1 is 1.00 bits per heavy atom. The fraction of sp³-hybridized carbons (Fsp3) is 0.273. The van der Waals surface area contributed by atoms with Gasteiger partial charge in [0.05, 0.1) is 21.2 Å². The first-order valence-electron chi connectivity index (χ1n) is 9.42. The van der Waals surface area contributed by atoms with Gasteiger partial charge in [0.25, 0.3) is 11.8 Å². The molecule has 9 heteroatoms. The minimum Gasteiger partial charge on any atom is -0.456 e. The second-order valence-electron chi connectivity index (χ2n) is 7.48. The number of imide groups is 1. The Kier molecular flexibility index (Phi) is 6.77. The van der Waals surface area contributed by atoms with Crippen LogP contribution in [0.4, 0.5) is 4.39 Å². The van der Waals surface area contributed by atoms with Gasteiger partial charge < -0.3 is 4.74 Å². The minimum atomic E-state index is -1.23. The summed E-state index contributed by atoms with van der Waals surface area (Å²) >= 11 is 11.9. The average Bonchev–Trinajstić information content (AvgIpc) is 2.94. The minimum absolute atomic E-state index is 0.0448. The molecule has 2 amide bonds. The number of ether oxygens (including phenoxy) is 1. The molecule has 2 aromatic carbocycles. The number of fused-ring (bicyclic) bond motifs is 1. The zero-order valence-electron chi connectivity index (χ0n) is 16.7. The molecule has 0 spiro atoms. The van der Waals surface area contributed by atoms with Gasteiger partial charge in [0.15, 0.2) is 12.4 Å². The van der Waals surface area contributed by atoms with E-state index in [1.165, 1.54) is 24.3 Å². The first-order valence-corrected chi connectivity index (χ1v) is 10.2. The molecular weight excluding hydrogens is 448 g/mol. The summed E-state index contributed by atoms with van der Waals surface area (Å²) in [5.41, 5.74) is 0.256. The Morgan fingerprint density at radius 2 is 1.52 bits per heavy atom. The molecular formula is C22H18Cl2FNO5. The fourth-order valence-corrected chi connectivity index (χ4v) is 3.57. The van der Waals surface area contributed by atoms with Crippen LogP contribution in [-0.4, -0.2) is 41.1 Å². The van der Waals surface area contributed by atoms with Gasteiger partial charge >= 0.3 is 5.97 Å². The van der Waals surface area contributed by atoms with Crippen molar-refractivity contribution in [2.45, 2.75) is 26.3 Å². The molecule has 0 fully saturated rings. The highest BCUT2D eigenvalue weighted by atomic mass is 35.5. The van der Waals surface area contributed by atoms with E-state index >= 15 is 0 Å². The van der Waals surface area contributed by atoms with Crippen LogP contribution in [0.5, 0.6) is 0 Å². The van der Waals surface area contributed by atoms with E-state index < -0.39 is 42.0 Å². The lowest BCUT2D eigenvalue weighted by Gasteiger charge is -2.25. The summed E-state index contributed by atoms with van der Waals surface area (Å²) < 4.78 is 18.1. The van der Waals surface area contributed by atoms with Crippen LogP contribution in [0.2, 0.25) is 10.0 Å². The standard InChI is InChI=1S/C22H18Cl2FNO5/c1-11(2)7-18(22(30)31-10-19(27)12-3-5-13(25)6-4-12)26-20(28)14-8-16(23)17(24)9-15(14)21(26)29/h3-6,8-9,11,18H,7,10H2,1-2H3. The van der Waals surface area contributed by atoms with Crippen LogP contribution in [0.15, 0.2) is 36.4 Å². The van der Waals surface area contributed by atoms with Crippen LogP contribution in [0, 0.1) is 11.7 Å². The van der Waals surface area contributed by atoms with E-state index in [4.69, 9.17) is 27.9 Å². The summed E-state index contributed by atoms with van der Waals surface area (Å²) in [7, 11) is 0. The number of hydrogen-bond donors (Lipinski definition) is 0. The molecule has 162 valence electrons. The Hall–Kier alpha value is -2.77. The van der Waals surface area contributed by atoms with E-state index in [0.29, 0.717) is 0 Å². The molecule has 31 heavy (non-hydrogen) atoms. The molecule has 0 saturated heterocycles. The molecule has 0 bridgehead atoms. The molecule has 1 atom stereocenters. The van der Waals surface area contributed by atoms with E-state index in [9.17, 15) is 23.6 Å². The van der Waals surface area contributed by atoms with Crippen molar-refractivity contribution in [3.05, 3.63) is 69.0 Å². The molecule has 1 aliphatic heterocycles. The number of hydrogen-bond acceptors (Lipinski definition) is 5. The van der Waals surface area contributed by atoms with Gasteiger partial charge in [-0.3, -0.25) is 19.3 Å². The largest absolute Gasteiger partial charge is 0.456 e. The Labute approximate surface area is 187 Å². The Balaban J connectivity index is 1.80. The molecule has 3 rings (SSSR count). The molecule has 0 aromatic heterocycles. The summed E-state index contributed by atoms with van der Waals surface area (Å²) in [5, 5.41) is 0.215. The average molecular weight is 466 g/mol. The van der Waals surface area contributed by atoms with E-state index in [0.717, 1.165) is 17.0 Å². The third-order valence-corrected chi connectivity index (χ3v) is 5.47. The molecule has 0 saturated carbocycles. The Morgan fingerprint density at radius 3 is 2.00 bits per heavy atom. The van der Waals surface area contributed by atoms with Gasteiger partial charge in [-0.1, -0.05) is 37.0 Å². The van der Waals surface area contributed by atoms with Crippen LogP contribution < -0.4 is 0 Å². The third-order valence-electron chi connectivity index (χ3n) is 4.75. The van der Waals surface area contributed by atoms with Crippen molar-refractivity contribution in [3.63, 3.8) is 0 Å². The lowest BCUT2D eigenvalue weighted by Crippen LogP contribution is -2.46. The van der Waals surface area contributed by atoms with Crippen molar-refractivity contribution in [2.75, 3.05) is 6.61 Å². The van der Waals surface area contributed by atoms with E-state index in [2.05, 4.69) is 0 Å². The van der Waals surface area contributed by atoms with Gasteiger partial charge in [-0.05, 0) is 48.7 Å². The van der Waals surface area contributed by atoms with Gasteiger partial charge in [0, 0.05) is 5.56 Å². The van der Waals surface area contributed by atoms with Crippen LogP contribution in [0.1, 0.15) is 51.3 Å². The van der Waals surface area contributed by atoms with Crippen molar-refractivity contribution in [1.82, 2.24) is 4.90 Å². The highest BCUT2D eigenvalue weighted by Gasteiger charge is 2.44. The highest BCUT2D eigenvalue weighted by Crippen LogP contribution is 2.33. The van der Waals surface area contributed by atoms with E-state index in [1.807, 2.05) is 13.8 Å². The van der Waals surface area contributed by atoms with E-state index in [1.54, 1.807) is 0 Å². The lowest BCUT2D eigenvalue weighted by molar-refractivity contribution is -0.147. The number of ketones is 1. The SMILES string of the molecule is CC(C)CC(C(=O)OCC(=O)c1ccc(F)cc1)N1C(=O)c2cc(Cl)c(Cl)cc2C1=O. The summed E-state index contributed by atoms with van der Waals surface area (Å²) in [6, 6.07) is 6.12. The zero-order valence-corrected chi connectivity index (χ0v) is 18.2. The fourth-order valence-electron chi connectivity index (χ4n) is 3.24. The number of esters is 1. The molecule has 1 heterocycles. The molecule has 0 aliphatic carbocycles. The molecule has 1 unspecified atom stereocenters. The third kappa shape index (κ3) is 4.78. The number of rotatable bonds is 7. The predicted octanol–water partition coefficient (Wildman–Crippen LogP) is 4.57. The normalized spacial score (nSPS) is 14.1. The van der Waals surface area contributed by atoms with Crippen LogP contribution in [0.25, 0.3) is 0 Å². The van der Waals surface area contributed by atoms with Crippen molar-refractivity contribution < 1.29 is 28.3 Å². The summed E-state index contributed by atoms with van der Waals surface area (Å²) in [5.74, 6) is -3.39. The summed E-state index contributed by atoms with van der Waals surface area (Å²) in [6.45, 7) is 3.02. The topological polar surface area (TPSA) is 80.8 Å². The van der Waals surface area contributed by atoms with Crippen molar-refractivity contribution in [1.29, 1.82) is 0 Å². The number of nitrogens with zero attached hydrogens (tertiary/aromatic N) is 1. The maximum absolute atomic E-state index is 13.0. The summed E-state index contributed by atoms with van der Waals surface area (Å²) in [4.78, 5) is 51.6. The number of amides is 2. The molecule has 0 radical (unpaired) electrons. The molecule has 1 aliphatic rings. The lowest BCUT2D eigenvalue weighted by atomic mass is 10.0. The molecule has 2 aromatic rings. The maximum Gasteiger partial charge on any atom is 0.329 e. The quantitative estimate of drug-likeness (QED) is 0.339. The number of halogens is 3. The van der Waals surface area contributed by atoms with E-state index in [-0.39, 0.29) is 39.1 Å². The number of carbonyl (C=O) groups excluding carboxylic acids is 4.